The summed E-state index contributed by atoms with van der Waals surface area (Å²) in [4.78, 5) is 23.7. The Morgan fingerprint density at radius 1 is 1.13 bits per heavy atom. The Bertz CT molecular complexity index is 487. The van der Waals surface area contributed by atoms with Crippen molar-refractivity contribution in [2.75, 3.05) is 6.61 Å². The number of rotatable bonds is 10. The third-order valence-corrected chi connectivity index (χ3v) is 3.47. The van der Waals surface area contributed by atoms with E-state index in [2.05, 4.69) is 5.32 Å². The number of aliphatic hydroxyl groups excluding tert-OH is 2. The van der Waals surface area contributed by atoms with Crippen LogP contribution in [0.3, 0.4) is 0 Å². The summed E-state index contributed by atoms with van der Waals surface area (Å²) in [7, 11) is 0. The van der Waals surface area contributed by atoms with Gasteiger partial charge in [0.05, 0.1) is 25.2 Å². The van der Waals surface area contributed by atoms with Gasteiger partial charge in [-0.1, -0.05) is 44.2 Å². The smallest absolute Gasteiger partial charge is 0.222 e. The molecule has 0 spiro atoms. The number of hydrogen-bond donors (Lipinski definition) is 3. The average Bonchev–Trinajstić information content (AvgIpc) is 2.46. The van der Waals surface area contributed by atoms with E-state index in [1.165, 1.54) is 0 Å². The van der Waals surface area contributed by atoms with Crippen molar-refractivity contribution in [3.8, 4) is 0 Å². The van der Waals surface area contributed by atoms with Crippen LogP contribution in [0.2, 0.25) is 0 Å². The molecule has 0 fully saturated rings. The number of amides is 1. The van der Waals surface area contributed by atoms with E-state index in [0.717, 1.165) is 5.56 Å². The molecule has 128 valence electrons. The third-order valence-electron chi connectivity index (χ3n) is 3.47. The highest BCUT2D eigenvalue weighted by atomic mass is 16.3. The number of nitrogens with one attached hydrogen (secondary N) is 1. The summed E-state index contributed by atoms with van der Waals surface area (Å²) >= 11 is 0. The summed E-state index contributed by atoms with van der Waals surface area (Å²) in [6.07, 6.45) is -0.243. The van der Waals surface area contributed by atoms with Gasteiger partial charge in [-0.25, -0.2) is 0 Å². The van der Waals surface area contributed by atoms with Crippen molar-refractivity contribution in [2.24, 2.45) is 5.92 Å². The van der Waals surface area contributed by atoms with Gasteiger partial charge in [0.15, 0.2) is 0 Å². The van der Waals surface area contributed by atoms with Gasteiger partial charge in [-0.2, -0.15) is 0 Å². The van der Waals surface area contributed by atoms with Crippen LogP contribution in [0.15, 0.2) is 30.3 Å². The van der Waals surface area contributed by atoms with E-state index in [0.29, 0.717) is 12.3 Å². The molecule has 1 aromatic rings. The average molecular weight is 321 g/mol. The highest BCUT2D eigenvalue weighted by Gasteiger charge is 2.18. The number of ketones is 1. The number of carbonyl (C=O) groups is 2. The summed E-state index contributed by atoms with van der Waals surface area (Å²) < 4.78 is 0. The Balaban J connectivity index is 2.35. The molecule has 0 unspecified atom stereocenters. The first kappa shape index (κ1) is 19.3. The Morgan fingerprint density at radius 2 is 1.78 bits per heavy atom. The molecule has 23 heavy (non-hydrogen) atoms. The molecule has 1 amide bonds. The highest BCUT2D eigenvalue weighted by molar-refractivity contribution is 5.83. The van der Waals surface area contributed by atoms with Crippen LogP contribution in [-0.4, -0.2) is 40.7 Å². The maximum Gasteiger partial charge on any atom is 0.222 e. The van der Waals surface area contributed by atoms with Crippen molar-refractivity contribution in [3.63, 3.8) is 0 Å². The van der Waals surface area contributed by atoms with Crippen molar-refractivity contribution in [2.45, 2.75) is 51.7 Å². The molecule has 0 aliphatic heterocycles. The standard InChI is InChI=1S/C18H27NO4/c1-13(2)8-15(12-20)19-18(23)11-17(22)10-16(21)9-14-6-4-3-5-7-14/h3-7,13,15,17,20,22H,8-12H2,1-2H3,(H,19,23)/t15-,17-/m1/s1. The first-order valence-electron chi connectivity index (χ1n) is 8.04. The highest BCUT2D eigenvalue weighted by Crippen LogP contribution is 2.08. The zero-order valence-electron chi connectivity index (χ0n) is 13.9. The van der Waals surface area contributed by atoms with Crippen LogP contribution in [0.4, 0.5) is 0 Å². The van der Waals surface area contributed by atoms with Gasteiger partial charge < -0.3 is 15.5 Å². The van der Waals surface area contributed by atoms with E-state index in [1.807, 2.05) is 44.2 Å². The zero-order valence-corrected chi connectivity index (χ0v) is 13.9. The van der Waals surface area contributed by atoms with Gasteiger partial charge in [-0.3, -0.25) is 9.59 Å². The molecule has 5 nitrogen and oxygen atoms in total. The number of aliphatic hydroxyl groups is 2. The second kappa shape index (κ2) is 10.1. The maximum atomic E-state index is 11.9. The van der Waals surface area contributed by atoms with Crippen LogP contribution >= 0.6 is 0 Å². The number of hydrogen-bond acceptors (Lipinski definition) is 4. The molecule has 0 saturated carbocycles. The van der Waals surface area contributed by atoms with E-state index in [1.54, 1.807) is 0 Å². The van der Waals surface area contributed by atoms with Crippen molar-refractivity contribution in [3.05, 3.63) is 35.9 Å². The number of Topliss-reactive ketones (excluding diaryl/α,β-unsaturated/α-hetero) is 1. The first-order chi connectivity index (χ1) is 10.9. The Hall–Kier alpha value is -1.72. The fourth-order valence-corrected chi connectivity index (χ4v) is 2.48. The lowest BCUT2D eigenvalue weighted by Gasteiger charge is -2.19. The third kappa shape index (κ3) is 8.47. The van der Waals surface area contributed by atoms with Crippen LogP contribution in [0.1, 0.15) is 38.7 Å². The molecule has 5 heteroatoms. The normalized spacial score (nSPS) is 13.6. The molecule has 0 aliphatic carbocycles. The fraction of sp³-hybridized carbons (Fsp3) is 0.556. The molecule has 0 aromatic heterocycles. The molecule has 0 aliphatic rings. The van der Waals surface area contributed by atoms with Crippen molar-refractivity contribution >= 4 is 11.7 Å². The molecule has 3 N–H and O–H groups in total. The quantitative estimate of drug-likeness (QED) is 0.609. The van der Waals surface area contributed by atoms with Crippen molar-refractivity contribution in [1.29, 1.82) is 0 Å². The van der Waals surface area contributed by atoms with E-state index < -0.39 is 6.10 Å². The van der Waals surface area contributed by atoms with Gasteiger partial charge in [0.2, 0.25) is 5.91 Å². The molecule has 0 saturated heterocycles. The van der Waals surface area contributed by atoms with Crippen molar-refractivity contribution < 1.29 is 19.8 Å². The predicted octanol–water partition coefficient (Wildman–Crippen LogP) is 1.46. The van der Waals surface area contributed by atoms with Crippen LogP contribution in [0.25, 0.3) is 0 Å². The summed E-state index contributed by atoms with van der Waals surface area (Å²) in [5.74, 6) is -0.0908. The van der Waals surface area contributed by atoms with Crippen LogP contribution in [-0.2, 0) is 16.0 Å². The largest absolute Gasteiger partial charge is 0.394 e. The zero-order chi connectivity index (χ0) is 17.2. The summed E-state index contributed by atoms with van der Waals surface area (Å²) in [5, 5.41) is 21.8. The Labute approximate surface area is 137 Å². The van der Waals surface area contributed by atoms with E-state index in [-0.39, 0.29) is 43.6 Å². The minimum absolute atomic E-state index is 0.0454. The lowest BCUT2D eigenvalue weighted by Crippen LogP contribution is -2.40. The van der Waals surface area contributed by atoms with Crippen LogP contribution < -0.4 is 5.32 Å². The molecule has 0 heterocycles. The molecule has 0 radical (unpaired) electrons. The molecule has 1 aromatic carbocycles. The number of benzene rings is 1. The second-order valence-corrected chi connectivity index (χ2v) is 6.34. The summed E-state index contributed by atoms with van der Waals surface area (Å²) in [5.41, 5.74) is 0.895. The second-order valence-electron chi connectivity index (χ2n) is 6.34. The van der Waals surface area contributed by atoms with Gasteiger partial charge >= 0.3 is 0 Å². The van der Waals surface area contributed by atoms with Gasteiger partial charge in [-0.15, -0.1) is 0 Å². The predicted molar refractivity (Wildman–Crippen MR) is 88.9 cm³/mol. The minimum Gasteiger partial charge on any atom is -0.394 e. The SMILES string of the molecule is CC(C)C[C@H](CO)NC(=O)C[C@H](O)CC(=O)Cc1ccccc1. The lowest BCUT2D eigenvalue weighted by atomic mass is 10.0. The topological polar surface area (TPSA) is 86.6 Å². The molecular weight excluding hydrogens is 294 g/mol. The van der Waals surface area contributed by atoms with Gasteiger partial charge in [0.1, 0.15) is 5.78 Å². The molecule has 0 bridgehead atoms. The van der Waals surface area contributed by atoms with Gasteiger partial charge in [0.25, 0.3) is 0 Å². The van der Waals surface area contributed by atoms with E-state index >= 15 is 0 Å². The van der Waals surface area contributed by atoms with Crippen LogP contribution in [0.5, 0.6) is 0 Å². The first-order valence-corrected chi connectivity index (χ1v) is 8.04. The minimum atomic E-state index is -0.996. The lowest BCUT2D eigenvalue weighted by molar-refractivity contribution is -0.125. The maximum absolute atomic E-state index is 11.9. The molecule has 2 atom stereocenters. The summed E-state index contributed by atoms with van der Waals surface area (Å²) in [6, 6.07) is 8.99. The van der Waals surface area contributed by atoms with E-state index in [9.17, 15) is 19.8 Å². The number of carbonyl (C=O) groups excluding carboxylic acids is 2. The van der Waals surface area contributed by atoms with Gasteiger partial charge in [0, 0.05) is 12.8 Å². The Morgan fingerprint density at radius 3 is 2.35 bits per heavy atom. The monoisotopic (exact) mass is 321 g/mol. The fourth-order valence-electron chi connectivity index (χ4n) is 2.48. The molecular formula is C18H27NO4. The van der Waals surface area contributed by atoms with Gasteiger partial charge in [-0.05, 0) is 17.9 Å². The van der Waals surface area contributed by atoms with Crippen molar-refractivity contribution in [1.82, 2.24) is 5.32 Å². The van der Waals surface area contributed by atoms with E-state index in [4.69, 9.17) is 0 Å². The molecule has 1 rings (SSSR count). The Kier molecular flexibility index (Phi) is 8.51. The van der Waals surface area contributed by atoms with Crippen LogP contribution in [0, 0.1) is 5.92 Å². The summed E-state index contributed by atoms with van der Waals surface area (Å²) in [6.45, 7) is 3.88.